The summed E-state index contributed by atoms with van der Waals surface area (Å²) in [6, 6.07) is 15.4. The first-order valence-electron chi connectivity index (χ1n) is 6.29. The minimum absolute atomic E-state index is 0.239. The van der Waals surface area contributed by atoms with Crippen LogP contribution in [-0.4, -0.2) is 9.66 Å². The molecule has 0 aliphatic rings. The van der Waals surface area contributed by atoms with Gasteiger partial charge in [-0.25, -0.2) is 9.66 Å². The number of hydrogen-bond acceptors (Lipinski definition) is 4. The summed E-state index contributed by atoms with van der Waals surface area (Å²) < 4.78 is 1.95. The molecule has 0 atom stereocenters. The van der Waals surface area contributed by atoms with Crippen molar-refractivity contribution in [2.75, 3.05) is 5.84 Å². The fraction of sp³-hybridized carbons (Fsp3) is 0.0667. The molecule has 0 unspecified atom stereocenters. The molecular weight excluding hydrogens is 350 g/mol. The number of aromatic nitrogens is 2. The SMILES string of the molecule is Nn1c(SCc2ccccc2)nc2ccc(Br)cc2c1=O. The van der Waals surface area contributed by atoms with E-state index in [1.807, 2.05) is 42.5 Å². The van der Waals surface area contributed by atoms with Gasteiger partial charge in [0.25, 0.3) is 5.56 Å². The van der Waals surface area contributed by atoms with E-state index in [1.165, 1.54) is 11.8 Å². The lowest BCUT2D eigenvalue weighted by Gasteiger charge is -2.08. The molecule has 21 heavy (non-hydrogen) atoms. The van der Waals surface area contributed by atoms with E-state index < -0.39 is 0 Å². The smallest absolute Gasteiger partial charge is 0.280 e. The van der Waals surface area contributed by atoms with Crippen LogP contribution in [0.3, 0.4) is 0 Å². The van der Waals surface area contributed by atoms with Gasteiger partial charge in [-0.2, -0.15) is 0 Å². The van der Waals surface area contributed by atoms with Crippen molar-refractivity contribution in [2.24, 2.45) is 0 Å². The Hall–Kier alpha value is -1.79. The van der Waals surface area contributed by atoms with Gasteiger partial charge in [-0.15, -0.1) is 0 Å². The predicted molar refractivity (Wildman–Crippen MR) is 89.9 cm³/mol. The van der Waals surface area contributed by atoms with E-state index in [-0.39, 0.29) is 5.56 Å². The van der Waals surface area contributed by atoms with Crippen molar-refractivity contribution in [3.05, 3.63) is 68.9 Å². The van der Waals surface area contributed by atoms with Crippen molar-refractivity contribution in [3.63, 3.8) is 0 Å². The zero-order chi connectivity index (χ0) is 14.8. The fourth-order valence-electron chi connectivity index (χ4n) is 1.97. The Kier molecular flexibility index (Phi) is 3.98. The maximum atomic E-state index is 12.3. The molecule has 106 valence electrons. The number of rotatable bonds is 3. The van der Waals surface area contributed by atoms with Gasteiger partial charge >= 0.3 is 0 Å². The molecule has 2 aromatic carbocycles. The quantitative estimate of drug-likeness (QED) is 0.442. The van der Waals surface area contributed by atoms with Gasteiger partial charge in [0.1, 0.15) is 0 Å². The monoisotopic (exact) mass is 361 g/mol. The lowest BCUT2D eigenvalue weighted by atomic mass is 10.2. The molecule has 0 amide bonds. The van der Waals surface area contributed by atoms with Crippen LogP contribution >= 0.6 is 27.7 Å². The summed E-state index contributed by atoms with van der Waals surface area (Å²) in [6.45, 7) is 0. The third kappa shape index (κ3) is 2.96. The Morgan fingerprint density at radius 2 is 1.95 bits per heavy atom. The first-order valence-corrected chi connectivity index (χ1v) is 8.07. The van der Waals surface area contributed by atoms with Gasteiger partial charge in [-0.05, 0) is 23.8 Å². The number of halogens is 1. The van der Waals surface area contributed by atoms with E-state index in [2.05, 4.69) is 20.9 Å². The van der Waals surface area contributed by atoms with Crippen molar-refractivity contribution in [1.82, 2.24) is 9.66 Å². The third-order valence-electron chi connectivity index (χ3n) is 3.04. The van der Waals surface area contributed by atoms with Gasteiger partial charge < -0.3 is 5.84 Å². The molecule has 6 heteroatoms. The lowest BCUT2D eigenvalue weighted by Crippen LogP contribution is -2.29. The summed E-state index contributed by atoms with van der Waals surface area (Å²) in [5.74, 6) is 6.58. The maximum absolute atomic E-state index is 12.3. The molecule has 4 nitrogen and oxygen atoms in total. The second-order valence-corrected chi connectivity index (χ2v) is 6.36. The van der Waals surface area contributed by atoms with E-state index in [4.69, 9.17) is 5.84 Å². The zero-order valence-corrected chi connectivity index (χ0v) is 13.4. The molecule has 2 N–H and O–H groups in total. The molecule has 0 bridgehead atoms. The Morgan fingerprint density at radius 1 is 1.19 bits per heavy atom. The fourth-order valence-corrected chi connectivity index (χ4v) is 3.21. The lowest BCUT2D eigenvalue weighted by molar-refractivity contribution is 0.779. The number of nitrogens with two attached hydrogens (primary N) is 1. The van der Waals surface area contributed by atoms with Crippen LogP contribution < -0.4 is 11.4 Å². The number of hydrogen-bond donors (Lipinski definition) is 1. The summed E-state index contributed by atoms with van der Waals surface area (Å²) in [5.41, 5.74) is 1.57. The van der Waals surface area contributed by atoms with Crippen molar-refractivity contribution in [2.45, 2.75) is 10.9 Å². The molecule has 3 aromatic rings. The third-order valence-corrected chi connectivity index (χ3v) is 4.56. The van der Waals surface area contributed by atoms with E-state index >= 15 is 0 Å². The average Bonchev–Trinajstić information content (AvgIpc) is 2.51. The van der Waals surface area contributed by atoms with Gasteiger partial charge in [-0.1, -0.05) is 58.0 Å². The van der Waals surface area contributed by atoms with Crippen LogP contribution in [0.2, 0.25) is 0 Å². The Balaban J connectivity index is 1.98. The van der Waals surface area contributed by atoms with E-state index in [1.54, 1.807) is 6.07 Å². The number of nitrogen functional groups attached to an aromatic ring is 1. The molecule has 0 spiro atoms. The highest BCUT2D eigenvalue weighted by Crippen LogP contribution is 2.22. The van der Waals surface area contributed by atoms with Crippen LogP contribution in [0.1, 0.15) is 5.56 Å². The van der Waals surface area contributed by atoms with Crippen molar-refractivity contribution in [1.29, 1.82) is 0 Å². The Morgan fingerprint density at radius 3 is 2.71 bits per heavy atom. The van der Waals surface area contributed by atoms with Crippen LogP contribution in [0, 0.1) is 0 Å². The molecular formula is C15H12BrN3OS. The largest absolute Gasteiger partial charge is 0.334 e. The Labute approximate surface area is 134 Å². The summed E-state index contributed by atoms with van der Waals surface area (Å²) >= 11 is 4.80. The van der Waals surface area contributed by atoms with Gasteiger partial charge in [0.05, 0.1) is 10.9 Å². The summed E-state index contributed by atoms with van der Waals surface area (Å²) in [5, 5.41) is 1.02. The summed E-state index contributed by atoms with van der Waals surface area (Å²) in [7, 11) is 0. The van der Waals surface area contributed by atoms with E-state index in [0.29, 0.717) is 21.8 Å². The number of fused-ring (bicyclic) bond motifs is 1. The molecule has 3 rings (SSSR count). The molecule has 1 heterocycles. The first-order chi connectivity index (χ1) is 10.1. The second kappa shape index (κ2) is 5.91. The molecule has 0 aliphatic carbocycles. The normalized spacial score (nSPS) is 10.9. The van der Waals surface area contributed by atoms with E-state index in [9.17, 15) is 4.79 Å². The topological polar surface area (TPSA) is 60.9 Å². The maximum Gasteiger partial charge on any atom is 0.280 e. The molecule has 0 saturated heterocycles. The minimum Gasteiger partial charge on any atom is -0.334 e. The van der Waals surface area contributed by atoms with Gasteiger partial charge in [0.15, 0.2) is 5.16 Å². The van der Waals surface area contributed by atoms with Crippen molar-refractivity contribution in [3.8, 4) is 0 Å². The molecule has 0 radical (unpaired) electrons. The minimum atomic E-state index is -0.239. The summed E-state index contributed by atoms with van der Waals surface area (Å²) in [4.78, 5) is 16.7. The molecule has 0 saturated carbocycles. The van der Waals surface area contributed by atoms with Crippen LogP contribution in [0.25, 0.3) is 10.9 Å². The van der Waals surface area contributed by atoms with Crippen molar-refractivity contribution < 1.29 is 0 Å². The molecule has 0 fully saturated rings. The predicted octanol–water partition coefficient (Wildman–Crippen LogP) is 3.17. The standard InChI is InChI=1S/C15H12BrN3OS/c16-11-6-7-13-12(8-11)14(20)19(17)15(18-13)21-9-10-4-2-1-3-5-10/h1-8H,9,17H2. The molecule has 1 aromatic heterocycles. The average molecular weight is 362 g/mol. The van der Waals surface area contributed by atoms with Crippen molar-refractivity contribution >= 4 is 38.6 Å². The van der Waals surface area contributed by atoms with Crippen LogP contribution in [0.4, 0.5) is 0 Å². The van der Waals surface area contributed by atoms with Crippen LogP contribution in [0.15, 0.2) is 63.0 Å². The first kappa shape index (κ1) is 14.2. The van der Waals surface area contributed by atoms with Gasteiger partial charge in [-0.3, -0.25) is 4.79 Å². The number of thioether (sulfide) groups is 1. The zero-order valence-electron chi connectivity index (χ0n) is 11.0. The number of benzene rings is 2. The highest BCUT2D eigenvalue weighted by Gasteiger charge is 2.10. The second-order valence-electron chi connectivity index (χ2n) is 4.51. The van der Waals surface area contributed by atoms with Crippen LogP contribution in [0.5, 0.6) is 0 Å². The highest BCUT2D eigenvalue weighted by atomic mass is 79.9. The van der Waals surface area contributed by atoms with Gasteiger partial charge in [0, 0.05) is 10.2 Å². The highest BCUT2D eigenvalue weighted by molar-refractivity contribution is 9.10. The van der Waals surface area contributed by atoms with Gasteiger partial charge in [0.2, 0.25) is 0 Å². The summed E-state index contributed by atoms with van der Waals surface area (Å²) in [6.07, 6.45) is 0. The van der Waals surface area contributed by atoms with Crippen LogP contribution in [-0.2, 0) is 5.75 Å². The number of nitrogens with zero attached hydrogens (tertiary/aromatic N) is 2. The van der Waals surface area contributed by atoms with E-state index in [0.717, 1.165) is 14.7 Å². The Bertz CT molecular complexity index is 849. The molecule has 0 aliphatic heterocycles.